The molecule has 0 bridgehead atoms. The van der Waals surface area contributed by atoms with E-state index in [4.69, 9.17) is 9.62 Å². The van der Waals surface area contributed by atoms with Gasteiger partial charge in [-0.3, -0.25) is 14.8 Å². The summed E-state index contributed by atoms with van der Waals surface area (Å²) in [5.74, 6) is 0.770. The minimum absolute atomic E-state index is 0.184. The molecular formula is C13H19N3O4. The summed E-state index contributed by atoms with van der Waals surface area (Å²) < 4.78 is 5.25. The summed E-state index contributed by atoms with van der Waals surface area (Å²) in [5, 5.41) is 12.1. The van der Waals surface area contributed by atoms with Crippen molar-refractivity contribution in [2.45, 2.75) is 39.0 Å². The molecule has 1 rings (SSSR count). The highest BCUT2D eigenvalue weighted by molar-refractivity contribution is 5.80. The fourth-order valence-corrected chi connectivity index (χ4v) is 1.55. The molecule has 0 atom stereocenters. The van der Waals surface area contributed by atoms with Crippen LogP contribution in [0.2, 0.25) is 0 Å². The van der Waals surface area contributed by atoms with Crippen molar-refractivity contribution in [1.29, 1.82) is 0 Å². The molecule has 0 saturated carbocycles. The van der Waals surface area contributed by atoms with Gasteiger partial charge in [0.2, 0.25) is 11.8 Å². The predicted molar refractivity (Wildman–Crippen MR) is 72.2 cm³/mol. The monoisotopic (exact) mass is 281 g/mol. The van der Waals surface area contributed by atoms with Crippen LogP contribution in [0.5, 0.6) is 0 Å². The van der Waals surface area contributed by atoms with Crippen LogP contribution >= 0.6 is 0 Å². The van der Waals surface area contributed by atoms with Crippen LogP contribution in [-0.2, 0) is 9.59 Å². The van der Waals surface area contributed by atoms with Crippen molar-refractivity contribution in [3.8, 4) is 0 Å². The number of carbonyl (C=O) groups is 2. The normalized spacial score (nSPS) is 10.7. The average molecular weight is 281 g/mol. The van der Waals surface area contributed by atoms with Crippen LogP contribution in [0.3, 0.4) is 0 Å². The lowest BCUT2D eigenvalue weighted by atomic mass is 10.1. The van der Waals surface area contributed by atoms with E-state index in [0.717, 1.165) is 12.2 Å². The number of unbranched alkanes of at least 4 members (excludes halogenated alkanes) is 2. The molecule has 20 heavy (non-hydrogen) atoms. The van der Waals surface area contributed by atoms with Gasteiger partial charge in [-0.25, -0.2) is 10.9 Å². The van der Waals surface area contributed by atoms with E-state index in [1.807, 2.05) is 13.0 Å². The Hall–Kier alpha value is -2.15. The average Bonchev–Trinajstić information content (AvgIpc) is 2.83. The molecule has 1 aromatic heterocycles. The van der Waals surface area contributed by atoms with E-state index in [1.165, 1.54) is 6.21 Å². The largest absolute Gasteiger partial charge is 0.460 e. The van der Waals surface area contributed by atoms with Gasteiger partial charge in [-0.2, -0.15) is 5.10 Å². The summed E-state index contributed by atoms with van der Waals surface area (Å²) in [7, 11) is 0. The third kappa shape index (κ3) is 6.69. The van der Waals surface area contributed by atoms with Crippen LogP contribution in [0, 0.1) is 6.92 Å². The molecule has 1 heterocycles. The highest BCUT2D eigenvalue weighted by Gasteiger charge is 2.02. The van der Waals surface area contributed by atoms with E-state index in [2.05, 4.69) is 10.5 Å². The Morgan fingerprint density at radius 3 is 2.55 bits per heavy atom. The van der Waals surface area contributed by atoms with Crippen molar-refractivity contribution in [2.75, 3.05) is 0 Å². The summed E-state index contributed by atoms with van der Waals surface area (Å²) in [6.45, 7) is 1.83. The summed E-state index contributed by atoms with van der Waals surface area (Å²) in [6.07, 6.45) is 4.08. The first-order chi connectivity index (χ1) is 9.61. The molecule has 0 saturated heterocycles. The Labute approximate surface area is 117 Å². The fraction of sp³-hybridized carbons (Fsp3) is 0.462. The summed E-state index contributed by atoms with van der Waals surface area (Å²) in [5.41, 5.74) is 3.97. The summed E-state index contributed by atoms with van der Waals surface area (Å²) in [4.78, 5) is 22.1. The minimum Gasteiger partial charge on any atom is -0.460 e. The second-order valence-corrected chi connectivity index (χ2v) is 4.34. The molecule has 0 aliphatic carbocycles. The Bertz CT molecular complexity index is 468. The van der Waals surface area contributed by atoms with E-state index in [0.29, 0.717) is 25.0 Å². The predicted octanol–water partition coefficient (Wildman–Crippen LogP) is 1.49. The van der Waals surface area contributed by atoms with Gasteiger partial charge in [0.1, 0.15) is 11.5 Å². The molecule has 7 nitrogen and oxygen atoms in total. The lowest BCUT2D eigenvalue weighted by Gasteiger charge is -2.00. The number of carbonyl (C=O) groups excluding carboxylic acids is 2. The van der Waals surface area contributed by atoms with E-state index >= 15 is 0 Å². The molecule has 0 aliphatic heterocycles. The zero-order chi connectivity index (χ0) is 14.8. The first-order valence-electron chi connectivity index (χ1n) is 6.43. The molecule has 3 N–H and O–H groups in total. The number of aryl methyl sites for hydroxylation is 1. The number of amides is 2. The molecule has 0 spiro atoms. The minimum atomic E-state index is -0.409. The van der Waals surface area contributed by atoms with E-state index in [1.54, 1.807) is 11.5 Å². The highest BCUT2D eigenvalue weighted by atomic mass is 16.5. The molecule has 0 unspecified atom stereocenters. The van der Waals surface area contributed by atoms with Crippen molar-refractivity contribution < 1.29 is 19.2 Å². The van der Waals surface area contributed by atoms with E-state index in [9.17, 15) is 9.59 Å². The van der Waals surface area contributed by atoms with Crippen molar-refractivity contribution in [3.05, 3.63) is 23.7 Å². The Morgan fingerprint density at radius 2 is 1.95 bits per heavy atom. The van der Waals surface area contributed by atoms with Crippen LogP contribution in [0.25, 0.3) is 0 Å². The first-order valence-corrected chi connectivity index (χ1v) is 6.43. The first kappa shape index (κ1) is 15.9. The van der Waals surface area contributed by atoms with Gasteiger partial charge in [0.15, 0.2) is 0 Å². The number of hydrogen-bond acceptors (Lipinski definition) is 5. The molecule has 1 aromatic rings. The van der Waals surface area contributed by atoms with Crippen molar-refractivity contribution >= 4 is 18.0 Å². The van der Waals surface area contributed by atoms with Gasteiger partial charge in [0, 0.05) is 12.8 Å². The third-order valence-corrected chi connectivity index (χ3v) is 2.57. The summed E-state index contributed by atoms with van der Waals surface area (Å²) >= 11 is 0. The van der Waals surface area contributed by atoms with Crippen molar-refractivity contribution in [3.63, 3.8) is 0 Å². The van der Waals surface area contributed by atoms with E-state index in [-0.39, 0.29) is 12.3 Å². The smallest absolute Gasteiger partial charge is 0.243 e. The number of hydrazone groups is 1. The van der Waals surface area contributed by atoms with Crippen LogP contribution in [-0.4, -0.2) is 23.2 Å². The van der Waals surface area contributed by atoms with Crippen LogP contribution in [0.1, 0.15) is 43.6 Å². The zero-order valence-corrected chi connectivity index (χ0v) is 11.4. The van der Waals surface area contributed by atoms with Gasteiger partial charge >= 0.3 is 0 Å². The highest BCUT2D eigenvalue weighted by Crippen LogP contribution is 2.04. The van der Waals surface area contributed by atoms with Crippen LogP contribution in [0.15, 0.2) is 21.7 Å². The van der Waals surface area contributed by atoms with Crippen molar-refractivity contribution in [1.82, 2.24) is 10.9 Å². The zero-order valence-electron chi connectivity index (χ0n) is 11.4. The maximum Gasteiger partial charge on any atom is 0.243 e. The van der Waals surface area contributed by atoms with Gasteiger partial charge < -0.3 is 4.42 Å². The maximum absolute atomic E-state index is 11.4. The van der Waals surface area contributed by atoms with E-state index < -0.39 is 5.91 Å². The molecular weight excluding hydrogens is 262 g/mol. The van der Waals surface area contributed by atoms with Crippen LogP contribution in [0.4, 0.5) is 0 Å². The van der Waals surface area contributed by atoms with Crippen LogP contribution < -0.4 is 10.9 Å². The second-order valence-electron chi connectivity index (χ2n) is 4.34. The Morgan fingerprint density at radius 1 is 1.25 bits per heavy atom. The Balaban J connectivity index is 2.08. The van der Waals surface area contributed by atoms with Gasteiger partial charge in [-0.15, -0.1) is 0 Å². The SMILES string of the molecule is Cc1ccc(/C=N/NC(=O)CCCCCC(=O)NO)o1. The van der Waals surface area contributed by atoms with Gasteiger partial charge in [0.05, 0.1) is 6.21 Å². The maximum atomic E-state index is 11.4. The lowest BCUT2D eigenvalue weighted by Crippen LogP contribution is -2.18. The molecule has 0 aliphatic rings. The number of nitrogens with one attached hydrogen (secondary N) is 2. The van der Waals surface area contributed by atoms with Gasteiger partial charge in [-0.05, 0) is 31.9 Å². The Kier molecular flexibility index (Phi) is 7.05. The molecule has 7 heteroatoms. The molecule has 0 fully saturated rings. The third-order valence-electron chi connectivity index (χ3n) is 2.57. The number of hydrogen-bond donors (Lipinski definition) is 3. The number of hydroxylamine groups is 1. The summed E-state index contributed by atoms with van der Waals surface area (Å²) in [6, 6.07) is 3.57. The van der Waals surface area contributed by atoms with Gasteiger partial charge in [-0.1, -0.05) is 6.42 Å². The molecule has 0 aromatic carbocycles. The number of nitrogens with zero attached hydrogens (tertiary/aromatic N) is 1. The number of rotatable bonds is 8. The topological polar surface area (TPSA) is 104 Å². The molecule has 2 amide bonds. The number of furan rings is 1. The second kappa shape index (κ2) is 8.87. The van der Waals surface area contributed by atoms with Crippen molar-refractivity contribution in [2.24, 2.45) is 5.10 Å². The quantitative estimate of drug-likeness (QED) is 0.290. The molecule has 0 radical (unpaired) electrons. The standard InChI is InChI=1S/C13H19N3O4/c1-10-7-8-11(20-10)9-14-15-12(17)5-3-2-4-6-13(18)16-19/h7-9,19H,2-6H2,1H3,(H,15,17)(H,16,18)/b14-9+. The van der Waals surface area contributed by atoms with Gasteiger partial charge in [0.25, 0.3) is 0 Å². The fourth-order valence-electron chi connectivity index (χ4n) is 1.55. The molecule has 110 valence electrons. The lowest BCUT2D eigenvalue weighted by molar-refractivity contribution is -0.129.